The average molecular weight is 368 g/mol. The van der Waals surface area contributed by atoms with E-state index in [0.717, 1.165) is 29.8 Å². The second-order valence-corrected chi connectivity index (χ2v) is 7.01. The summed E-state index contributed by atoms with van der Waals surface area (Å²) in [4.78, 5) is 12.8. The highest BCUT2D eigenvalue weighted by molar-refractivity contribution is 7.04. The second-order valence-electron chi connectivity index (χ2n) is 6.38. The van der Waals surface area contributed by atoms with Crippen molar-refractivity contribution < 1.29 is 9.53 Å². The molecule has 0 radical (unpaired) electrons. The van der Waals surface area contributed by atoms with Crippen LogP contribution in [0.2, 0.25) is 0 Å². The Bertz CT molecular complexity index is 890. The molecule has 6 nitrogen and oxygen atoms in total. The van der Waals surface area contributed by atoms with Crippen LogP contribution in [0.5, 0.6) is 0 Å². The van der Waals surface area contributed by atoms with E-state index in [0.29, 0.717) is 12.2 Å². The number of carbonyl (C=O) groups is 1. The van der Waals surface area contributed by atoms with E-state index in [2.05, 4.69) is 14.8 Å². The molecule has 2 aromatic heterocycles. The van der Waals surface area contributed by atoms with Gasteiger partial charge in [0.15, 0.2) is 0 Å². The number of carbonyl (C=O) groups excluding carboxylic acids is 1. The molecule has 1 aliphatic rings. The first-order valence-corrected chi connectivity index (χ1v) is 9.46. The highest BCUT2D eigenvalue weighted by atomic mass is 32.1. The maximum Gasteiger partial charge on any atom is 0.254 e. The molecule has 2 atom stereocenters. The zero-order chi connectivity index (χ0) is 17.9. The zero-order valence-corrected chi connectivity index (χ0v) is 15.3. The van der Waals surface area contributed by atoms with Gasteiger partial charge in [-0.15, -0.1) is 0 Å². The summed E-state index contributed by atoms with van der Waals surface area (Å²) >= 11 is 1.30. The molecule has 7 heteroatoms. The minimum absolute atomic E-state index is 0.0456. The molecule has 3 heterocycles. The summed E-state index contributed by atoms with van der Waals surface area (Å²) in [7, 11) is 1.91. The molecule has 1 fully saturated rings. The van der Waals surface area contributed by atoms with Gasteiger partial charge in [-0.25, -0.2) is 0 Å². The van der Waals surface area contributed by atoms with Gasteiger partial charge in [0, 0.05) is 36.8 Å². The van der Waals surface area contributed by atoms with Crippen LogP contribution in [0.1, 0.15) is 35.0 Å². The first-order chi connectivity index (χ1) is 12.7. The Morgan fingerprint density at radius 3 is 2.92 bits per heavy atom. The molecule has 134 valence electrons. The van der Waals surface area contributed by atoms with Crippen molar-refractivity contribution in [3.63, 3.8) is 0 Å². The summed E-state index contributed by atoms with van der Waals surface area (Å²) in [5.41, 5.74) is 3.36. The number of benzene rings is 1. The van der Waals surface area contributed by atoms with Gasteiger partial charge in [-0.2, -0.15) is 9.47 Å². The molecule has 1 amide bonds. The van der Waals surface area contributed by atoms with Gasteiger partial charge < -0.3 is 10.1 Å². The quantitative estimate of drug-likeness (QED) is 0.768. The van der Waals surface area contributed by atoms with Gasteiger partial charge in [-0.05, 0) is 30.4 Å². The molecule has 0 saturated carbocycles. The Hall–Kier alpha value is -2.51. The van der Waals surface area contributed by atoms with E-state index in [9.17, 15) is 4.79 Å². The monoisotopic (exact) mass is 368 g/mol. The van der Waals surface area contributed by atoms with Crippen molar-refractivity contribution in [2.45, 2.75) is 25.0 Å². The number of nitrogens with one attached hydrogen (secondary N) is 1. The highest BCUT2D eigenvalue weighted by Crippen LogP contribution is 2.29. The predicted molar refractivity (Wildman–Crippen MR) is 99.9 cm³/mol. The van der Waals surface area contributed by atoms with Crippen molar-refractivity contribution in [1.82, 2.24) is 19.5 Å². The van der Waals surface area contributed by atoms with E-state index < -0.39 is 0 Å². The van der Waals surface area contributed by atoms with Gasteiger partial charge in [-0.1, -0.05) is 30.3 Å². The number of ether oxygens (including phenoxy) is 1. The fourth-order valence-corrected chi connectivity index (χ4v) is 3.99. The Kier molecular flexibility index (Phi) is 4.81. The fraction of sp³-hybridized carbons (Fsp3) is 0.316. The van der Waals surface area contributed by atoms with E-state index in [1.165, 1.54) is 11.5 Å². The lowest BCUT2D eigenvalue weighted by Gasteiger charge is -2.30. The topological polar surface area (TPSA) is 69.0 Å². The van der Waals surface area contributed by atoms with Gasteiger partial charge in [0.2, 0.25) is 0 Å². The van der Waals surface area contributed by atoms with Crippen molar-refractivity contribution in [3.8, 4) is 11.3 Å². The molecule has 2 unspecified atom stereocenters. The molecule has 3 aromatic rings. The highest BCUT2D eigenvalue weighted by Gasteiger charge is 2.28. The van der Waals surface area contributed by atoms with E-state index in [1.54, 1.807) is 6.20 Å². The Morgan fingerprint density at radius 1 is 1.31 bits per heavy atom. The number of hydrogen-bond donors (Lipinski definition) is 1. The summed E-state index contributed by atoms with van der Waals surface area (Å²) in [6.45, 7) is 0.619. The third-order valence-electron chi connectivity index (χ3n) is 4.67. The molecule has 1 aromatic carbocycles. The van der Waals surface area contributed by atoms with Crippen LogP contribution in [0.25, 0.3) is 11.3 Å². The van der Waals surface area contributed by atoms with E-state index in [1.807, 2.05) is 53.5 Å². The number of hydrogen-bond acceptors (Lipinski definition) is 5. The molecule has 26 heavy (non-hydrogen) atoms. The summed E-state index contributed by atoms with van der Waals surface area (Å²) < 4.78 is 12.1. The number of aryl methyl sites for hydroxylation is 1. The molecular weight excluding hydrogens is 348 g/mol. The Labute approximate surface area is 156 Å². The summed E-state index contributed by atoms with van der Waals surface area (Å²) in [6, 6.07) is 11.8. The van der Waals surface area contributed by atoms with Crippen molar-refractivity contribution in [2.75, 3.05) is 6.61 Å². The lowest BCUT2D eigenvalue weighted by Crippen LogP contribution is -2.40. The molecule has 0 spiro atoms. The van der Waals surface area contributed by atoms with Gasteiger partial charge >= 0.3 is 0 Å². The normalized spacial score (nSPS) is 20.0. The third-order valence-corrected chi connectivity index (χ3v) is 5.30. The van der Waals surface area contributed by atoms with Crippen LogP contribution in [0.3, 0.4) is 0 Å². The number of amides is 1. The van der Waals surface area contributed by atoms with E-state index in [-0.39, 0.29) is 18.1 Å². The van der Waals surface area contributed by atoms with Crippen molar-refractivity contribution in [3.05, 3.63) is 59.2 Å². The molecule has 1 aliphatic heterocycles. The lowest BCUT2D eigenvalue weighted by molar-refractivity contribution is -0.00352. The Balaban J connectivity index is 1.47. The predicted octanol–water partition coefficient (Wildman–Crippen LogP) is 3.19. The molecule has 1 saturated heterocycles. The summed E-state index contributed by atoms with van der Waals surface area (Å²) in [5.74, 6) is -0.0757. The molecule has 0 bridgehead atoms. The third kappa shape index (κ3) is 3.40. The Morgan fingerprint density at radius 2 is 2.15 bits per heavy atom. The number of nitrogens with zero attached hydrogens (tertiary/aromatic N) is 3. The van der Waals surface area contributed by atoms with Crippen LogP contribution < -0.4 is 5.32 Å². The standard InChI is InChI=1S/C19H20N4O2S/c1-23-16(7-9-20-23)17-11-14(8-10-25-17)21-19(24)15-12-26-22-18(15)13-5-3-2-4-6-13/h2-7,9,12,14,17H,8,10-11H2,1H3,(H,21,24). The van der Waals surface area contributed by atoms with Crippen LogP contribution in [0.4, 0.5) is 0 Å². The molecule has 0 aliphatic carbocycles. The lowest BCUT2D eigenvalue weighted by atomic mass is 10.00. The molecular formula is C19H20N4O2S. The van der Waals surface area contributed by atoms with Gasteiger partial charge in [-0.3, -0.25) is 9.48 Å². The van der Waals surface area contributed by atoms with Crippen LogP contribution in [0, 0.1) is 0 Å². The zero-order valence-electron chi connectivity index (χ0n) is 14.5. The minimum Gasteiger partial charge on any atom is -0.372 e. The van der Waals surface area contributed by atoms with E-state index in [4.69, 9.17) is 4.74 Å². The van der Waals surface area contributed by atoms with Crippen LogP contribution in [0.15, 0.2) is 48.0 Å². The van der Waals surface area contributed by atoms with E-state index >= 15 is 0 Å². The fourth-order valence-electron chi connectivity index (χ4n) is 3.30. The summed E-state index contributed by atoms with van der Waals surface area (Å²) in [5, 5.41) is 9.18. The minimum atomic E-state index is -0.0757. The smallest absolute Gasteiger partial charge is 0.254 e. The maximum atomic E-state index is 12.8. The number of aromatic nitrogens is 3. The second kappa shape index (κ2) is 7.39. The molecule has 1 N–H and O–H groups in total. The first-order valence-electron chi connectivity index (χ1n) is 8.62. The largest absolute Gasteiger partial charge is 0.372 e. The van der Waals surface area contributed by atoms with Gasteiger partial charge in [0.05, 0.1) is 17.0 Å². The molecule has 4 rings (SSSR count). The average Bonchev–Trinajstić information content (AvgIpc) is 3.31. The van der Waals surface area contributed by atoms with Crippen molar-refractivity contribution >= 4 is 17.4 Å². The number of rotatable bonds is 4. The summed E-state index contributed by atoms with van der Waals surface area (Å²) in [6.07, 6.45) is 3.27. The SMILES string of the molecule is Cn1nccc1C1CC(NC(=O)c2csnc2-c2ccccc2)CCO1. The first kappa shape index (κ1) is 16.9. The van der Waals surface area contributed by atoms with Crippen LogP contribution in [-0.2, 0) is 11.8 Å². The van der Waals surface area contributed by atoms with Crippen molar-refractivity contribution in [2.24, 2.45) is 7.05 Å². The maximum absolute atomic E-state index is 12.8. The van der Waals surface area contributed by atoms with Crippen LogP contribution >= 0.6 is 11.5 Å². The van der Waals surface area contributed by atoms with Crippen molar-refractivity contribution in [1.29, 1.82) is 0 Å². The van der Waals surface area contributed by atoms with Crippen LogP contribution in [-0.4, -0.2) is 32.7 Å². The van der Waals surface area contributed by atoms with Gasteiger partial charge in [0.25, 0.3) is 5.91 Å². The van der Waals surface area contributed by atoms with Gasteiger partial charge in [0.1, 0.15) is 6.10 Å².